The Morgan fingerprint density at radius 3 is 2.57 bits per heavy atom. The largest absolute Gasteiger partial charge is 0.379 e. The summed E-state index contributed by atoms with van der Waals surface area (Å²) in [4.78, 5) is 4.54. The van der Waals surface area contributed by atoms with Crippen LogP contribution in [0.15, 0.2) is 29.3 Å². The minimum Gasteiger partial charge on any atom is -0.379 e. The molecule has 0 heterocycles. The molecule has 0 spiro atoms. The molecule has 0 radical (unpaired) electrons. The normalized spacial score (nSPS) is 11.8. The van der Waals surface area contributed by atoms with E-state index in [0.29, 0.717) is 19.1 Å². The van der Waals surface area contributed by atoms with Gasteiger partial charge in [0.25, 0.3) is 0 Å². The van der Waals surface area contributed by atoms with Gasteiger partial charge >= 0.3 is 0 Å². The number of aliphatic imine (C=N–C) groups is 1. The summed E-state index contributed by atoms with van der Waals surface area (Å²) < 4.78 is 5.54. The lowest BCUT2D eigenvalue weighted by molar-refractivity contribution is 0.114. The molecule has 0 aliphatic carbocycles. The lowest BCUT2D eigenvalue weighted by atomic mass is 10.2. The van der Waals surface area contributed by atoms with Crippen LogP contribution in [0.5, 0.6) is 0 Å². The van der Waals surface area contributed by atoms with Crippen molar-refractivity contribution in [3.05, 3.63) is 34.9 Å². The highest BCUT2D eigenvalue weighted by Gasteiger charge is 1.98. The van der Waals surface area contributed by atoms with E-state index in [1.807, 2.05) is 24.3 Å². The average Bonchev–Trinajstić information content (AvgIpc) is 2.45. The lowest BCUT2D eigenvalue weighted by Gasteiger charge is -2.12. The van der Waals surface area contributed by atoms with Gasteiger partial charge in [-0.2, -0.15) is 0 Å². The van der Waals surface area contributed by atoms with Gasteiger partial charge in [0.2, 0.25) is 0 Å². The van der Waals surface area contributed by atoms with Gasteiger partial charge in [-0.1, -0.05) is 37.6 Å². The number of rotatable bonds is 8. The number of halogens is 1. The standard InChI is InChI=1S/C16H26ClN3O/c1-4-18-16(19-9-10-21-12-13(2)3)20-11-14-5-7-15(17)8-6-14/h5-8,13H,4,9-12H2,1-3H3,(H2,18,19,20). The van der Waals surface area contributed by atoms with Gasteiger partial charge in [-0.3, -0.25) is 0 Å². The molecular weight excluding hydrogens is 286 g/mol. The first-order valence-electron chi connectivity index (χ1n) is 7.46. The number of benzene rings is 1. The molecule has 1 aromatic rings. The summed E-state index contributed by atoms with van der Waals surface area (Å²) in [5, 5.41) is 7.23. The van der Waals surface area contributed by atoms with E-state index in [0.717, 1.165) is 36.2 Å². The third kappa shape index (κ3) is 8.58. The molecule has 0 aliphatic rings. The predicted octanol–water partition coefficient (Wildman–Crippen LogP) is 3.07. The van der Waals surface area contributed by atoms with E-state index < -0.39 is 0 Å². The highest BCUT2D eigenvalue weighted by atomic mass is 35.5. The van der Waals surface area contributed by atoms with Gasteiger partial charge in [0.15, 0.2) is 5.96 Å². The van der Waals surface area contributed by atoms with Crippen LogP contribution in [0.4, 0.5) is 0 Å². The number of ether oxygens (including phenoxy) is 1. The monoisotopic (exact) mass is 311 g/mol. The van der Waals surface area contributed by atoms with E-state index in [9.17, 15) is 0 Å². The Labute approximate surface area is 132 Å². The van der Waals surface area contributed by atoms with E-state index >= 15 is 0 Å². The summed E-state index contributed by atoms with van der Waals surface area (Å²) in [5.74, 6) is 1.37. The molecule has 0 unspecified atom stereocenters. The van der Waals surface area contributed by atoms with Gasteiger partial charge in [0, 0.05) is 24.7 Å². The van der Waals surface area contributed by atoms with Gasteiger partial charge in [-0.05, 0) is 30.5 Å². The maximum Gasteiger partial charge on any atom is 0.191 e. The van der Waals surface area contributed by atoms with Crippen molar-refractivity contribution < 1.29 is 4.74 Å². The Balaban J connectivity index is 2.37. The number of hydrogen-bond donors (Lipinski definition) is 2. The minimum absolute atomic E-state index is 0.566. The molecule has 0 aromatic heterocycles. The van der Waals surface area contributed by atoms with Crippen LogP contribution in [0.2, 0.25) is 5.02 Å². The zero-order chi connectivity index (χ0) is 15.5. The molecule has 5 heteroatoms. The quantitative estimate of drug-likeness (QED) is 0.440. The SMILES string of the molecule is CCNC(=NCc1ccc(Cl)cc1)NCCOCC(C)C. The zero-order valence-corrected chi connectivity index (χ0v) is 13.9. The molecule has 4 nitrogen and oxygen atoms in total. The van der Waals surface area contributed by atoms with Crippen molar-refractivity contribution in [2.45, 2.75) is 27.3 Å². The van der Waals surface area contributed by atoms with Crippen molar-refractivity contribution >= 4 is 17.6 Å². The van der Waals surface area contributed by atoms with Crippen LogP contribution in [-0.4, -0.2) is 32.3 Å². The molecule has 0 bridgehead atoms. The highest BCUT2D eigenvalue weighted by Crippen LogP contribution is 2.09. The van der Waals surface area contributed by atoms with Crippen LogP contribution in [0.1, 0.15) is 26.3 Å². The molecule has 0 atom stereocenters. The Morgan fingerprint density at radius 2 is 1.95 bits per heavy atom. The van der Waals surface area contributed by atoms with Gasteiger partial charge in [-0.15, -0.1) is 0 Å². The maximum atomic E-state index is 5.87. The number of nitrogens with one attached hydrogen (secondary N) is 2. The van der Waals surface area contributed by atoms with E-state index in [-0.39, 0.29) is 0 Å². The lowest BCUT2D eigenvalue weighted by Crippen LogP contribution is -2.39. The van der Waals surface area contributed by atoms with Crippen LogP contribution in [0, 0.1) is 5.92 Å². The Kier molecular flexibility index (Phi) is 8.87. The smallest absolute Gasteiger partial charge is 0.191 e. The second-order valence-corrected chi connectivity index (χ2v) is 5.65. The number of nitrogens with zero attached hydrogens (tertiary/aromatic N) is 1. The summed E-state index contributed by atoms with van der Waals surface area (Å²) in [6.07, 6.45) is 0. The summed E-state index contributed by atoms with van der Waals surface area (Å²) in [5.41, 5.74) is 1.13. The topological polar surface area (TPSA) is 45.7 Å². The highest BCUT2D eigenvalue weighted by molar-refractivity contribution is 6.30. The first-order valence-corrected chi connectivity index (χ1v) is 7.84. The Hall–Kier alpha value is -1.26. The van der Waals surface area contributed by atoms with Crippen molar-refractivity contribution in [2.24, 2.45) is 10.9 Å². The van der Waals surface area contributed by atoms with Crippen LogP contribution in [0.25, 0.3) is 0 Å². The van der Waals surface area contributed by atoms with Gasteiger partial charge < -0.3 is 15.4 Å². The van der Waals surface area contributed by atoms with Crippen LogP contribution in [0.3, 0.4) is 0 Å². The molecule has 21 heavy (non-hydrogen) atoms. The van der Waals surface area contributed by atoms with Crippen molar-refractivity contribution in [1.29, 1.82) is 0 Å². The van der Waals surface area contributed by atoms with E-state index in [2.05, 4.69) is 36.4 Å². The fourth-order valence-corrected chi connectivity index (χ4v) is 1.79. The molecule has 1 aromatic carbocycles. The first-order chi connectivity index (χ1) is 10.1. The fourth-order valence-electron chi connectivity index (χ4n) is 1.66. The summed E-state index contributed by atoms with van der Waals surface area (Å²) in [6.45, 7) is 10.0. The molecule has 0 saturated carbocycles. The zero-order valence-electron chi connectivity index (χ0n) is 13.2. The molecule has 118 valence electrons. The van der Waals surface area contributed by atoms with Crippen molar-refractivity contribution in [2.75, 3.05) is 26.3 Å². The predicted molar refractivity (Wildman–Crippen MR) is 89.9 cm³/mol. The van der Waals surface area contributed by atoms with Crippen molar-refractivity contribution in [3.63, 3.8) is 0 Å². The second kappa shape index (κ2) is 10.5. The molecule has 0 saturated heterocycles. The van der Waals surface area contributed by atoms with E-state index in [1.54, 1.807) is 0 Å². The molecular formula is C16H26ClN3O. The number of hydrogen-bond acceptors (Lipinski definition) is 2. The maximum absolute atomic E-state index is 5.87. The summed E-state index contributed by atoms with van der Waals surface area (Å²) >= 11 is 5.87. The van der Waals surface area contributed by atoms with Crippen LogP contribution in [-0.2, 0) is 11.3 Å². The Bertz CT molecular complexity index is 418. The van der Waals surface area contributed by atoms with E-state index in [1.165, 1.54) is 0 Å². The molecule has 0 aliphatic heterocycles. The second-order valence-electron chi connectivity index (χ2n) is 5.22. The fraction of sp³-hybridized carbons (Fsp3) is 0.562. The van der Waals surface area contributed by atoms with Crippen molar-refractivity contribution in [1.82, 2.24) is 10.6 Å². The number of guanidine groups is 1. The van der Waals surface area contributed by atoms with Gasteiger partial charge in [0.1, 0.15) is 0 Å². The van der Waals surface area contributed by atoms with Crippen LogP contribution >= 0.6 is 11.6 Å². The summed E-state index contributed by atoms with van der Waals surface area (Å²) in [6, 6.07) is 7.74. The molecule has 2 N–H and O–H groups in total. The van der Waals surface area contributed by atoms with E-state index in [4.69, 9.17) is 16.3 Å². The molecule has 0 amide bonds. The van der Waals surface area contributed by atoms with Gasteiger partial charge in [0.05, 0.1) is 13.2 Å². The third-order valence-electron chi connectivity index (χ3n) is 2.67. The molecule has 1 rings (SSSR count). The van der Waals surface area contributed by atoms with Gasteiger partial charge in [-0.25, -0.2) is 4.99 Å². The minimum atomic E-state index is 0.566. The third-order valence-corrected chi connectivity index (χ3v) is 2.92. The van der Waals surface area contributed by atoms with Crippen LogP contribution < -0.4 is 10.6 Å². The first kappa shape index (κ1) is 17.8. The van der Waals surface area contributed by atoms with Crippen molar-refractivity contribution in [3.8, 4) is 0 Å². The summed E-state index contributed by atoms with van der Waals surface area (Å²) in [7, 11) is 0. The Morgan fingerprint density at radius 1 is 1.24 bits per heavy atom. The average molecular weight is 312 g/mol. The molecule has 0 fully saturated rings.